The minimum absolute atomic E-state index is 0.0370. The predicted octanol–water partition coefficient (Wildman–Crippen LogP) is 2.19. The number of hydrogen-bond acceptors (Lipinski definition) is 3. The van der Waals surface area contributed by atoms with Crippen molar-refractivity contribution >= 4 is 28.6 Å². The van der Waals surface area contributed by atoms with Crippen LogP contribution in [-0.2, 0) is 13.6 Å². The van der Waals surface area contributed by atoms with Gasteiger partial charge in [0.05, 0.1) is 28.3 Å². The molecule has 0 amide bonds. The van der Waals surface area contributed by atoms with E-state index in [4.69, 9.17) is 17.3 Å². The first-order valence-electron chi connectivity index (χ1n) is 5.64. The first kappa shape index (κ1) is 12.0. The molecule has 0 radical (unpaired) electrons. The lowest BCUT2D eigenvalue weighted by Crippen LogP contribution is -2.05. The third-order valence-corrected chi connectivity index (χ3v) is 3.20. The fourth-order valence-electron chi connectivity index (χ4n) is 2.01. The smallest absolute Gasteiger partial charge is 0.201 e. The van der Waals surface area contributed by atoms with Crippen LogP contribution in [0.25, 0.3) is 11.0 Å². The number of anilines is 1. The highest BCUT2D eigenvalue weighted by atomic mass is 35.5. The van der Waals surface area contributed by atoms with E-state index in [0.29, 0.717) is 23.5 Å². The Hall–Kier alpha value is -2.08. The summed E-state index contributed by atoms with van der Waals surface area (Å²) in [6.07, 6.45) is 1.84. The summed E-state index contributed by atoms with van der Waals surface area (Å²) in [4.78, 5) is 4.17. The first-order chi connectivity index (χ1) is 9.04. The molecule has 1 aromatic carbocycles. The van der Waals surface area contributed by atoms with Crippen molar-refractivity contribution in [2.75, 3.05) is 5.73 Å². The van der Waals surface area contributed by atoms with Gasteiger partial charge in [-0.3, -0.25) is 4.68 Å². The van der Waals surface area contributed by atoms with Gasteiger partial charge < -0.3 is 10.3 Å². The Morgan fingerprint density at radius 3 is 2.89 bits per heavy atom. The molecule has 0 saturated carbocycles. The molecule has 0 unspecified atom stereocenters. The molecule has 2 aromatic heterocycles. The van der Waals surface area contributed by atoms with Crippen molar-refractivity contribution in [3.63, 3.8) is 0 Å². The fourth-order valence-corrected chi connectivity index (χ4v) is 2.17. The normalized spacial score (nSPS) is 11.3. The Bertz CT molecular complexity index is 761. The largest absolute Gasteiger partial charge is 0.369 e. The number of aromatic nitrogens is 4. The number of nitrogen functional groups attached to an aromatic ring is 1. The molecule has 0 aliphatic rings. The summed E-state index contributed by atoms with van der Waals surface area (Å²) >= 11 is 5.73. The van der Waals surface area contributed by atoms with Crippen molar-refractivity contribution in [3.05, 3.63) is 40.9 Å². The predicted molar refractivity (Wildman–Crippen MR) is 71.4 cm³/mol. The molecule has 0 spiro atoms. The summed E-state index contributed by atoms with van der Waals surface area (Å²) in [7, 11) is 1.83. The molecular weight excluding hydrogens is 269 g/mol. The van der Waals surface area contributed by atoms with Crippen molar-refractivity contribution in [2.24, 2.45) is 7.05 Å². The van der Waals surface area contributed by atoms with Gasteiger partial charge in [-0.1, -0.05) is 11.6 Å². The number of imidazole rings is 1. The number of nitrogens with two attached hydrogens (primary N) is 1. The van der Waals surface area contributed by atoms with Gasteiger partial charge in [-0.25, -0.2) is 9.37 Å². The van der Waals surface area contributed by atoms with Crippen LogP contribution in [0.15, 0.2) is 24.4 Å². The lowest BCUT2D eigenvalue weighted by Gasteiger charge is -2.04. The van der Waals surface area contributed by atoms with Gasteiger partial charge in [0.2, 0.25) is 5.95 Å². The zero-order chi connectivity index (χ0) is 13.6. The Morgan fingerprint density at radius 1 is 1.42 bits per heavy atom. The van der Waals surface area contributed by atoms with Crippen LogP contribution >= 0.6 is 11.6 Å². The summed E-state index contributed by atoms with van der Waals surface area (Å²) < 4.78 is 16.9. The first-order valence-corrected chi connectivity index (χ1v) is 6.01. The maximum absolute atomic E-state index is 13.5. The quantitative estimate of drug-likeness (QED) is 0.782. The molecule has 0 atom stereocenters. The van der Waals surface area contributed by atoms with Crippen molar-refractivity contribution in [1.29, 1.82) is 0 Å². The summed E-state index contributed by atoms with van der Waals surface area (Å²) in [5.74, 6) is -0.182. The van der Waals surface area contributed by atoms with Gasteiger partial charge in [0.15, 0.2) is 0 Å². The van der Waals surface area contributed by atoms with E-state index in [-0.39, 0.29) is 5.02 Å². The number of hydrogen-bond donors (Lipinski definition) is 1. The van der Waals surface area contributed by atoms with Crippen LogP contribution in [0.5, 0.6) is 0 Å². The second-order valence-corrected chi connectivity index (χ2v) is 4.70. The molecule has 7 heteroatoms. The third kappa shape index (κ3) is 2.04. The van der Waals surface area contributed by atoms with Crippen LogP contribution in [0.1, 0.15) is 5.69 Å². The summed E-state index contributed by atoms with van der Waals surface area (Å²) in [5, 5.41) is 4.30. The Kier molecular flexibility index (Phi) is 2.67. The van der Waals surface area contributed by atoms with E-state index in [2.05, 4.69) is 10.1 Å². The second kappa shape index (κ2) is 4.24. The van der Waals surface area contributed by atoms with Crippen LogP contribution in [0.3, 0.4) is 0 Å². The minimum Gasteiger partial charge on any atom is -0.369 e. The number of halogens is 2. The third-order valence-electron chi connectivity index (χ3n) is 2.91. The molecule has 3 aromatic rings. The van der Waals surface area contributed by atoms with E-state index in [1.54, 1.807) is 9.25 Å². The summed E-state index contributed by atoms with van der Waals surface area (Å²) in [5.41, 5.74) is 7.85. The van der Waals surface area contributed by atoms with Crippen LogP contribution < -0.4 is 5.73 Å². The zero-order valence-corrected chi connectivity index (χ0v) is 10.9. The van der Waals surface area contributed by atoms with Crippen molar-refractivity contribution in [2.45, 2.75) is 6.54 Å². The van der Waals surface area contributed by atoms with Crippen molar-refractivity contribution < 1.29 is 4.39 Å². The fraction of sp³-hybridized carbons (Fsp3) is 0.167. The summed E-state index contributed by atoms with van der Waals surface area (Å²) in [6.45, 7) is 0.435. The number of rotatable bonds is 2. The van der Waals surface area contributed by atoms with Crippen molar-refractivity contribution in [3.8, 4) is 0 Å². The maximum Gasteiger partial charge on any atom is 0.201 e. The average Bonchev–Trinajstić information content (AvgIpc) is 2.87. The summed E-state index contributed by atoms with van der Waals surface area (Å²) in [6, 6.07) is 4.68. The van der Waals surface area contributed by atoms with E-state index in [0.717, 1.165) is 5.69 Å². The van der Waals surface area contributed by atoms with Gasteiger partial charge in [0.1, 0.15) is 5.82 Å². The topological polar surface area (TPSA) is 61.7 Å². The van der Waals surface area contributed by atoms with Crippen molar-refractivity contribution in [1.82, 2.24) is 19.3 Å². The Balaban J connectivity index is 2.12. The van der Waals surface area contributed by atoms with Gasteiger partial charge >= 0.3 is 0 Å². The monoisotopic (exact) mass is 279 g/mol. The molecule has 5 nitrogen and oxygen atoms in total. The van der Waals surface area contributed by atoms with Gasteiger partial charge in [-0.05, 0) is 12.1 Å². The maximum atomic E-state index is 13.5. The number of aryl methyl sites for hydroxylation is 1. The van der Waals surface area contributed by atoms with Crippen LogP contribution in [0.2, 0.25) is 5.02 Å². The molecule has 0 saturated heterocycles. The molecule has 0 aliphatic heterocycles. The van der Waals surface area contributed by atoms with Gasteiger partial charge in [-0.2, -0.15) is 5.10 Å². The average molecular weight is 280 g/mol. The number of fused-ring (bicyclic) bond motifs is 1. The van der Waals surface area contributed by atoms with E-state index < -0.39 is 5.82 Å². The zero-order valence-electron chi connectivity index (χ0n) is 10.1. The number of nitrogens with zero attached hydrogens (tertiary/aromatic N) is 4. The molecule has 2 heterocycles. The molecule has 0 fully saturated rings. The van der Waals surface area contributed by atoms with Crippen LogP contribution in [0, 0.1) is 5.82 Å². The van der Waals surface area contributed by atoms with E-state index in [1.807, 2.05) is 19.3 Å². The van der Waals surface area contributed by atoms with E-state index >= 15 is 0 Å². The van der Waals surface area contributed by atoms with Gasteiger partial charge in [0.25, 0.3) is 0 Å². The molecule has 19 heavy (non-hydrogen) atoms. The van der Waals surface area contributed by atoms with E-state index in [1.165, 1.54) is 12.1 Å². The SMILES string of the molecule is Cn1ccc(Cn2c(N)nc3cc(Cl)c(F)cc32)n1. The van der Waals surface area contributed by atoms with E-state index in [9.17, 15) is 4.39 Å². The highest BCUT2D eigenvalue weighted by molar-refractivity contribution is 6.31. The highest BCUT2D eigenvalue weighted by Gasteiger charge is 2.12. The van der Waals surface area contributed by atoms with Gasteiger partial charge in [-0.15, -0.1) is 0 Å². The highest BCUT2D eigenvalue weighted by Crippen LogP contribution is 2.25. The molecule has 98 valence electrons. The lowest BCUT2D eigenvalue weighted by atomic mass is 10.3. The Labute approximate surface area is 113 Å². The minimum atomic E-state index is -0.490. The molecule has 2 N–H and O–H groups in total. The second-order valence-electron chi connectivity index (χ2n) is 4.29. The number of benzene rings is 1. The molecular formula is C12H11ClFN5. The molecule has 0 bridgehead atoms. The van der Waals surface area contributed by atoms with Crippen LogP contribution in [-0.4, -0.2) is 19.3 Å². The molecule has 3 rings (SSSR count). The van der Waals surface area contributed by atoms with Gasteiger partial charge in [0, 0.05) is 19.3 Å². The van der Waals surface area contributed by atoms with Crippen LogP contribution in [0.4, 0.5) is 10.3 Å². The molecule has 0 aliphatic carbocycles. The lowest BCUT2D eigenvalue weighted by molar-refractivity contribution is 0.628. The Morgan fingerprint density at radius 2 is 2.21 bits per heavy atom. The standard InChI is InChI=1S/C12H11ClFN5/c1-18-3-2-7(17-18)6-19-11-5-9(14)8(13)4-10(11)16-12(19)15/h2-5H,6H2,1H3,(H2,15,16).